The fraction of sp³-hybridized carbons (Fsp3) is 0.0400. The average molecular weight is 587 g/mol. The Balaban J connectivity index is 1.42. The van der Waals surface area contributed by atoms with E-state index in [0.717, 1.165) is 21.7 Å². The van der Waals surface area contributed by atoms with Crippen LogP contribution < -0.4 is 10.0 Å². The molecule has 0 radical (unpaired) electrons. The van der Waals surface area contributed by atoms with Gasteiger partial charge in [0.25, 0.3) is 10.0 Å². The summed E-state index contributed by atoms with van der Waals surface area (Å²) >= 11 is 9.88. The lowest BCUT2D eigenvalue weighted by molar-refractivity contribution is 0.570. The highest BCUT2D eigenvalue weighted by molar-refractivity contribution is 9.10. The van der Waals surface area contributed by atoms with E-state index in [1.54, 1.807) is 35.0 Å². The van der Waals surface area contributed by atoms with Crippen LogP contribution in [0.15, 0.2) is 94.4 Å². The van der Waals surface area contributed by atoms with Crippen LogP contribution in [0.5, 0.6) is 0 Å². The monoisotopic (exact) mass is 585 g/mol. The number of nitrogens with one attached hydrogen (secondary N) is 2. The van der Waals surface area contributed by atoms with Crippen LogP contribution >= 0.6 is 27.5 Å². The molecule has 0 saturated heterocycles. The van der Waals surface area contributed by atoms with E-state index in [0.29, 0.717) is 34.4 Å². The first-order chi connectivity index (χ1) is 17.3. The predicted octanol–water partition coefficient (Wildman–Crippen LogP) is 6.36. The Hall–Kier alpha value is -3.47. The van der Waals surface area contributed by atoms with Crippen molar-refractivity contribution >= 4 is 54.7 Å². The van der Waals surface area contributed by atoms with Crippen molar-refractivity contribution in [3.63, 3.8) is 0 Å². The highest BCUT2D eigenvalue weighted by Gasteiger charge is 2.19. The third-order valence-electron chi connectivity index (χ3n) is 5.36. The molecule has 0 aliphatic rings. The van der Waals surface area contributed by atoms with E-state index in [9.17, 15) is 12.8 Å². The number of fused-ring (bicyclic) bond motifs is 1. The number of benzene rings is 3. The molecule has 0 amide bonds. The summed E-state index contributed by atoms with van der Waals surface area (Å²) in [5.74, 6) is -0.151. The Kier molecular flexibility index (Phi) is 6.65. The molecule has 5 aromatic rings. The third kappa shape index (κ3) is 4.92. The average Bonchev–Trinajstić information content (AvgIpc) is 3.23. The molecular formula is C25H18BrClFN5O2S. The summed E-state index contributed by atoms with van der Waals surface area (Å²) in [5, 5.41) is 8.29. The first-order valence-corrected chi connectivity index (χ1v) is 13.4. The largest absolute Gasteiger partial charge is 0.366 e. The van der Waals surface area contributed by atoms with Crippen molar-refractivity contribution in [1.82, 2.24) is 14.6 Å². The number of hydrogen-bond donors (Lipinski definition) is 2. The van der Waals surface area contributed by atoms with E-state index in [1.165, 1.54) is 18.2 Å². The standard InChI is InChI=1S/C25H18BrClFN5O2S/c26-19-15-30-33-24(13-22(31-25(19)33)18-8-1-2-9-20(18)27)29-14-16-6-5-7-17(12-16)32-36(34,35)23-11-4-3-10-21(23)28/h1-13,15,29,32H,14H2. The quantitative estimate of drug-likeness (QED) is 0.232. The molecule has 0 bridgehead atoms. The van der Waals surface area contributed by atoms with Crippen molar-refractivity contribution in [3.05, 3.63) is 106 Å². The lowest BCUT2D eigenvalue weighted by Gasteiger charge is -2.13. The summed E-state index contributed by atoms with van der Waals surface area (Å²) in [6, 6.07) is 21.4. The third-order valence-corrected chi connectivity index (χ3v) is 7.66. The Labute approximate surface area is 220 Å². The van der Waals surface area contributed by atoms with Crippen molar-refractivity contribution in [2.24, 2.45) is 0 Å². The second kappa shape index (κ2) is 9.88. The number of sulfonamides is 1. The summed E-state index contributed by atoms with van der Waals surface area (Å²) in [5.41, 5.74) is 3.17. The normalized spacial score (nSPS) is 11.5. The van der Waals surface area contributed by atoms with E-state index >= 15 is 0 Å². The van der Waals surface area contributed by atoms with Crippen molar-refractivity contribution < 1.29 is 12.8 Å². The summed E-state index contributed by atoms with van der Waals surface area (Å²) in [6.07, 6.45) is 1.65. The van der Waals surface area contributed by atoms with Gasteiger partial charge in [0.05, 0.1) is 16.4 Å². The smallest absolute Gasteiger partial charge is 0.264 e. The van der Waals surface area contributed by atoms with Gasteiger partial charge in [-0.3, -0.25) is 4.72 Å². The van der Waals surface area contributed by atoms with E-state index < -0.39 is 20.7 Å². The van der Waals surface area contributed by atoms with Crippen LogP contribution in [0.25, 0.3) is 16.9 Å². The van der Waals surface area contributed by atoms with Gasteiger partial charge in [0.15, 0.2) is 5.65 Å². The van der Waals surface area contributed by atoms with Gasteiger partial charge < -0.3 is 5.32 Å². The number of halogens is 3. The van der Waals surface area contributed by atoms with Crippen LogP contribution in [-0.4, -0.2) is 23.0 Å². The zero-order chi connectivity index (χ0) is 25.3. The lowest BCUT2D eigenvalue weighted by atomic mass is 10.1. The number of anilines is 2. The molecule has 182 valence electrons. The van der Waals surface area contributed by atoms with Crippen molar-refractivity contribution in [2.45, 2.75) is 11.4 Å². The van der Waals surface area contributed by atoms with Gasteiger partial charge in [-0.15, -0.1) is 0 Å². The minimum atomic E-state index is -4.08. The zero-order valence-corrected chi connectivity index (χ0v) is 21.6. The SMILES string of the molecule is O=S(=O)(Nc1cccc(CNc2cc(-c3ccccc3Cl)nc3c(Br)cnn23)c1)c1ccccc1F. The molecule has 7 nitrogen and oxygen atoms in total. The number of rotatable bonds is 7. The van der Waals surface area contributed by atoms with E-state index in [2.05, 4.69) is 31.1 Å². The molecule has 0 aliphatic carbocycles. The zero-order valence-electron chi connectivity index (χ0n) is 18.5. The molecule has 3 aromatic carbocycles. The summed E-state index contributed by atoms with van der Waals surface area (Å²) in [6.45, 7) is 0.355. The van der Waals surface area contributed by atoms with Crippen LogP contribution in [0.2, 0.25) is 5.02 Å². The van der Waals surface area contributed by atoms with Crippen molar-refractivity contribution in [3.8, 4) is 11.3 Å². The Bertz CT molecular complexity index is 1690. The van der Waals surface area contributed by atoms with Gasteiger partial charge in [-0.05, 0) is 51.8 Å². The van der Waals surface area contributed by atoms with E-state index in [1.807, 2.05) is 30.3 Å². The minimum absolute atomic E-state index is 0.316. The summed E-state index contributed by atoms with van der Waals surface area (Å²) < 4.78 is 44.2. The predicted molar refractivity (Wildman–Crippen MR) is 142 cm³/mol. The van der Waals surface area contributed by atoms with Crippen molar-refractivity contribution in [2.75, 3.05) is 10.0 Å². The maximum absolute atomic E-state index is 14.0. The summed E-state index contributed by atoms with van der Waals surface area (Å²) in [4.78, 5) is 4.28. The maximum atomic E-state index is 14.0. The molecule has 0 fully saturated rings. The maximum Gasteiger partial charge on any atom is 0.264 e. The first kappa shape index (κ1) is 24.2. The van der Waals surface area contributed by atoms with E-state index in [4.69, 9.17) is 16.6 Å². The van der Waals surface area contributed by atoms with Gasteiger partial charge >= 0.3 is 0 Å². The highest BCUT2D eigenvalue weighted by Crippen LogP contribution is 2.30. The Morgan fingerprint density at radius 2 is 1.78 bits per heavy atom. The van der Waals surface area contributed by atoms with Crippen LogP contribution in [0, 0.1) is 5.82 Å². The van der Waals surface area contributed by atoms with Gasteiger partial charge in [-0.25, -0.2) is 17.8 Å². The molecule has 0 unspecified atom stereocenters. The van der Waals surface area contributed by atoms with Crippen LogP contribution in [0.4, 0.5) is 15.9 Å². The lowest BCUT2D eigenvalue weighted by Crippen LogP contribution is -2.14. The molecule has 0 aliphatic heterocycles. The molecule has 0 spiro atoms. The molecule has 2 heterocycles. The van der Waals surface area contributed by atoms with Gasteiger partial charge in [0, 0.05) is 28.9 Å². The fourth-order valence-corrected chi connectivity index (χ4v) is 5.39. The van der Waals surface area contributed by atoms with Gasteiger partial charge in [-0.1, -0.05) is 54.1 Å². The Morgan fingerprint density at radius 3 is 2.58 bits per heavy atom. The van der Waals surface area contributed by atoms with Gasteiger partial charge in [0.1, 0.15) is 16.5 Å². The fourth-order valence-electron chi connectivity index (χ4n) is 3.68. The molecule has 0 atom stereocenters. The van der Waals surface area contributed by atoms with Gasteiger partial charge in [-0.2, -0.15) is 9.61 Å². The highest BCUT2D eigenvalue weighted by atomic mass is 79.9. The van der Waals surface area contributed by atoms with Gasteiger partial charge in [0.2, 0.25) is 0 Å². The van der Waals surface area contributed by atoms with E-state index in [-0.39, 0.29) is 0 Å². The molecule has 36 heavy (non-hydrogen) atoms. The second-order valence-electron chi connectivity index (χ2n) is 7.82. The molecular weight excluding hydrogens is 569 g/mol. The molecule has 0 saturated carbocycles. The second-order valence-corrected chi connectivity index (χ2v) is 10.7. The molecule has 5 rings (SSSR count). The van der Waals surface area contributed by atoms with Crippen LogP contribution in [0.1, 0.15) is 5.56 Å². The molecule has 11 heteroatoms. The van der Waals surface area contributed by atoms with Crippen molar-refractivity contribution in [1.29, 1.82) is 0 Å². The molecule has 2 aromatic heterocycles. The minimum Gasteiger partial charge on any atom is -0.366 e. The number of aromatic nitrogens is 3. The molecule has 2 N–H and O–H groups in total. The summed E-state index contributed by atoms with van der Waals surface area (Å²) in [7, 11) is -4.08. The number of hydrogen-bond acceptors (Lipinski definition) is 5. The Morgan fingerprint density at radius 1 is 1.00 bits per heavy atom. The van der Waals surface area contributed by atoms with Crippen LogP contribution in [0.3, 0.4) is 0 Å². The first-order valence-electron chi connectivity index (χ1n) is 10.7. The van der Waals surface area contributed by atoms with Crippen LogP contribution in [-0.2, 0) is 16.6 Å². The number of nitrogens with zero attached hydrogens (tertiary/aromatic N) is 3. The topological polar surface area (TPSA) is 88.4 Å².